The minimum absolute atomic E-state index is 0.534. The number of hydrogen-bond acceptors (Lipinski definition) is 2. The zero-order valence-electron chi connectivity index (χ0n) is 10.9. The third kappa shape index (κ3) is 2.05. The lowest BCUT2D eigenvalue weighted by atomic mass is 9.81. The van der Waals surface area contributed by atoms with E-state index >= 15 is 0 Å². The maximum absolute atomic E-state index is 13.1. The van der Waals surface area contributed by atoms with Crippen molar-refractivity contribution in [2.75, 3.05) is 17.3 Å². The molecule has 0 spiro atoms. The van der Waals surface area contributed by atoms with Crippen LogP contribution in [-0.2, 0) is 4.79 Å². The van der Waals surface area contributed by atoms with Crippen molar-refractivity contribution in [2.24, 2.45) is 5.41 Å². The van der Waals surface area contributed by atoms with Crippen molar-refractivity contribution in [2.45, 2.75) is 26.1 Å². The topological polar surface area (TPSA) is 32.3 Å². The van der Waals surface area contributed by atoms with Crippen LogP contribution in [0.5, 0.6) is 0 Å². The number of benzene rings is 1. The van der Waals surface area contributed by atoms with Crippen LogP contribution in [0, 0.1) is 5.41 Å². The van der Waals surface area contributed by atoms with Gasteiger partial charge >= 0.3 is 6.18 Å². The molecule has 0 aromatic heterocycles. The van der Waals surface area contributed by atoms with E-state index in [0.717, 1.165) is 13.8 Å². The Hall–Kier alpha value is -1.72. The first-order valence-corrected chi connectivity index (χ1v) is 5.86. The van der Waals surface area contributed by atoms with Crippen LogP contribution in [-0.4, -0.2) is 25.2 Å². The van der Waals surface area contributed by atoms with Crippen LogP contribution >= 0.6 is 0 Å². The second-order valence-electron chi connectivity index (χ2n) is 5.21. The van der Waals surface area contributed by atoms with Gasteiger partial charge in [0.15, 0.2) is 0 Å². The summed E-state index contributed by atoms with van der Waals surface area (Å²) < 4.78 is 39.3. The Morgan fingerprint density at radius 3 is 2.37 bits per heavy atom. The first-order valence-electron chi connectivity index (χ1n) is 5.86. The van der Waals surface area contributed by atoms with Crippen LogP contribution in [0.1, 0.15) is 13.8 Å². The molecule has 0 fully saturated rings. The van der Waals surface area contributed by atoms with Gasteiger partial charge in [-0.1, -0.05) is 12.1 Å². The normalized spacial score (nSPS) is 20.0. The van der Waals surface area contributed by atoms with Gasteiger partial charge in [0.05, 0.1) is 16.8 Å². The smallest absolute Gasteiger partial charge is 0.371 e. The molecule has 1 heterocycles. The molecular formula is C13H15F3N2O. The minimum Gasteiger partial charge on any atom is -0.371 e. The molecule has 3 nitrogen and oxygen atoms in total. The minimum atomic E-state index is -4.46. The molecular weight excluding hydrogens is 257 g/mol. The molecule has 1 aromatic carbocycles. The molecule has 1 atom stereocenters. The van der Waals surface area contributed by atoms with Gasteiger partial charge in [0.25, 0.3) is 0 Å². The monoisotopic (exact) mass is 272 g/mol. The SMILES string of the molecule is CN1C(=O)[C@H](C(C)(C)C(F)(F)F)Nc2ccccc21. The number of para-hydroxylation sites is 2. The van der Waals surface area contributed by atoms with Crippen molar-refractivity contribution in [3.8, 4) is 0 Å². The highest BCUT2D eigenvalue weighted by Gasteiger charge is 2.56. The number of rotatable bonds is 1. The number of carbonyl (C=O) groups is 1. The molecule has 0 unspecified atom stereocenters. The largest absolute Gasteiger partial charge is 0.396 e. The van der Waals surface area contributed by atoms with Crippen molar-refractivity contribution in [1.82, 2.24) is 0 Å². The maximum atomic E-state index is 13.1. The molecule has 104 valence electrons. The summed E-state index contributed by atoms with van der Waals surface area (Å²) in [5, 5.41) is 2.71. The average molecular weight is 272 g/mol. The highest BCUT2D eigenvalue weighted by Crippen LogP contribution is 2.44. The highest BCUT2D eigenvalue weighted by molar-refractivity contribution is 6.05. The van der Waals surface area contributed by atoms with E-state index in [1.807, 2.05) is 0 Å². The van der Waals surface area contributed by atoms with Crippen LogP contribution < -0.4 is 10.2 Å². The number of anilines is 2. The van der Waals surface area contributed by atoms with Crippen LogP contribution in [0.4, 0.5) is 24.5 Å². The van der Waals surface area contributed by atoms with E-state index in [2.05, 4.69) is 5.32 Å². The van der Waals surface area contributed by atoms with E-state index in [0.29, 0.717) is 11.4 Å². The Morgan fingerprint density at radius 1 is 1.21 bits per heavy atom. The quantitative estimate of drug-likeness (QED) is 0.852. The van der Waals surface area contributed by atoms with Crippen LogP contribution in [0.15, 0.2) is 24.3 Å². The van der Waals surface area contributed by atoms with Gasteiger partial charge in [0.2, 0.25) is 5.91 Å². The fourth-order valence-electron chi connectivity index (χ4n) is 2.07. The summed E-state index contributed by atoms with van der Waals surface area (Å²) in [6.45, 7) is 2.06. The summed E-state index contributed by atoms with van der Waals surface area (Å²) in [6, 6.07) is 5.48. The zero-order chi connectivity index (χ0) is 14.4. The Kier molecular flexibility index (Phi) is 2.99. The average Bonchev–Trinajstić information content (AvgIpc) is 2.32. The Labute approximate surface area is 109 Å². The lowest BCUT2D eigenvalue weighted by Crippen LogP contribution is -2.57. The van der Waals surface area contributed by atoms with Gasteiger partial charge in [-0.25, -0.2) is 0 Å². The van der Waals surface area contributed by atoms with Gasteiger partial charge in [-0.2, -0.15) is 13.2 Å². The molecule has 0 bridgehead atoms. The Balaban J connectivity index is 2.45. The van der Waals surface area contributed by atoms with E-state index in [9.17, 15) is 18.0 Å². The summed E-state index contributed by atoms with van der Waals surface area (Å²) in [5.41, 5.74) is -1.03. The van der Waals surface area contributed by atoms with E-state index in [4.69, 9.17) is 0 Å². The maximum Gasteiger partial charge on any atom is 0.396 e. The molecule has 1 aromatic rings. The van der Waals surface area contributed by atoms with E-state index in [-0.39, 0.29) is 0 Å². The first-order chi connectivity index (χ1) is 8.66. The predicted molar refractivity (Wildman–Crippen MR) is 67.1 cm³/mol. The van der Waals surface area contributed by atoms with Gasteiger partial charge < -0.3 is 10.2 Å². The molecule has 2 rings (SSSR count). The Morgan fingerprint density at radius 2 is 1.79 bits per heavy atom. The molecule has 19 heavy (non-hydrogen) atoms. The molecule has 1 amide bonds. The number of likely N-dealkylation sites (N-methyl/N-ethyl adjacent to an activating group) is 1. The van der Waals surface area contributed by atoms with E-state index < -0.39 is 23.5 Å². The molecule has 1 aliphatic rings. The first kappa shape index (κ1) is 13.7. The number of amides is 1. The number of carbonyl (C=O) groups excluding carboxylic acids is 1. The second kappa shape index (κ2) is 4.15. The van der Waals surface area contributed by atoms with Gasteiger partial charge in [-0.3, -0.25) is 4.79 Å². The number of nitrogens with zero attached hydrogens (tertiary/aromatic N) is 1. The third-order valence-corrected chi connectivity index (χ3v) is 3.60. The fraction of sp³-hybridized carbons (Fsp3) is 0.462. The molecule has 0 radical (unpaired) electrons. The number of hydrogen-bond donors (Lipinski definition) is 1. The summed E-state index contributed by atoms with van der Waals surface area (Å²) in [6.07, 6.45) is -4.46. The standard InChI is InChI=1S/C13H15F3N2O/c1-12(2,13(14,15)16)10-11(19)18(3)9-7-5-4-6-8(9)17-10/h4-7,10,17H,1-3H3/t10-/m1/s1. The third-order valence-electron chi connectivity index (χ3n) is 3.60. The zero-order valence-corrected chi connectivity index (χ0v) is 10.9. The van der Waals surface area contributed by atoms with Crippen LogP contribution in [0.2, 0.25) is 0 Å². The van der Waals surface area contributed by atoms with Crippen molar-refractivity contribution in [3.05, 3.63) is 24.3 Å². The van der Waals surface area contributed by atoms with Crippen LogP contribution in [0.3, 0.4) is 0 Å². The summed E-state index contributed by atoms with van der Waals surface area (Å²) in [5.74, 6) is -0.582. The fourth-order valence-corrected chi connectivity index (χ4v) is 2.07. The summed E-state index contributed by atoms with van der Waals surface area (Å²) >= 11 is 0. The number of nitrogens with one attached hydrogen (secondary N) is 1. The number of fused-ring (bicyclic) bond motifs is 1. The molecule has 0 saturated heterocycles. The summed E-state index contributed by atoms with van der Waals surface area (Å²) in [4.78, 5) is 13.4. The molecule has 1 N–H and O–H groups in total. The van der Waals surface area contributed by atoms with Gasteiger partial charge in [-0.15, -0.1) is 0 Å². The molecule has 6 heteroatoms. The van der Waals surface area contributed by atoms with Crippen molar-refractivity contribution >= 4 is 17.3 Å². The lowest BCUT2D eigenvalue weighted by Gasteiger charge is -2.41. The van der Waals surface area contributed by atoms with Crippen molar-refractivity contribution in [3.63, 3.8) is 0 Å². The van der Waals surface area contributed by atoms with Gasteiger partial charge in [0.1, 0.15) is 6.04 Å². The second-order valence-corrected chi connectivity index (χ2v) is 5.21. The van der Waals surface area contributed by atoms with Gasteiger partial charge in [-0.05, 0) is 26.0 Å². The van der Waals surface area contributed by atoms with Gasteiger partial charge in [0, 0.05) is 7.05 Å². The molecule has 0 aliphatic carbocycles. The molecule has 0 saturated carbocycles. The summed E-state index contributed by atoms with van der Waals surface area (Å²) in [7, 11) is 1.49. The Bertz CT molecular complexity index is 511. The van der Waals surface area contributed by atoms with Crippen molar-refractivity contribution in [1.29, 1.82) is 0 Å². The lowest BCUT2D eigenvalue weighted by molar-refractivity contribution is -0.216. The predicted octanol–water partition coefficient (Wildman–Crippen LogP) is 3.03. The van der Waals surface area contributed by atoms with Crippen molar-refractivity contribution < 1.29 is 18.0 Å². The van der Waals surface area contributed by atoms with E-state index in [1.54, 1.807) is 24.3 Å². The van der Waals surface area contributed by atoms with Crippen LogP contribution in [0.25, 0.3) is 0 Å². The van der Waals surface area contributed by atoms with E-state index in [1.165, 1.54) is 11.9 Å². The number of alkyl halides is 3. The number of halogens is 3. The highest BCUT2D eigenvalue weighted by atomic mass is 19.4. The molecule has 1 aliphatic heterocycles.